The van der Waals surface area contributed by atoms with E-state index >= 15 is 0 Å². The summed E-state index contributed by atoms with van der Waals surface area (Å²) in [5.74, 6) is 0.188. The van der Waals surface area contributed by atoms with Gasteiger partial charge in [-0.15, -0.1) is 0 Å². The molecule has 1 heterocycles. The van der Waals surface area contributed by atoms with Crippen LogP contribution in [0.1, 0.15) is 47.2 Å². The summed E-state index contributed by atoms with van der Waals surface area (Å²) in [6, 6.07) is 4.09. The quantitative estimate of drug-likeness (QED) is 0.669. The second-order valence-electron chi connectivity index (χ2n) is 5.82. The fourth-order valence-electron chi connectivity index (χ4n) is 3.28. The van der Waals surface area contributed by atoms with Crippen molar-refractivity contribution < 1.29 is 4.79 Å². The molecule has 1 aromatic rings. The number of hydrogen-bond donors (Lipinski definition) is 1. The molecular formula is C16H22N2O. The van der Waals surface area contributed by atoms with E-state index in [-0.39, 0.29) is 5.78 Å². The smallest absolute Gasteiger partial charge is 0.178 e. The summed E-state index contributed by atoms with van der Waals surface area (Å²) in [6.45, 7) is 2.64. The predicted molar refractivity (Wildman–Crippen MR) is 77.5 cm³/mol. The molecule has 19 heavy (non-hydrogen) atoms. The molecule has 0 spiro atoms. The lowest BCUT2D eigenvalue weighted by Crippen LogP contribution is -2.27. The predicted octanol–water partition coefficient (Wildman–Crippen LogP) is 2.43. The van der Waals surface area contributed by atoms with Crippen LogP contribution in [0.4, 0.5) is 5.69 Å². The van der Waals surface area contributed by atoms with Gasteiger partial charge in [-0.3, -0.25) is 9.69 Å². The maximum Gasteiger partial charge on any atom is 0.178 e. The topological polar surface area (TPSA) is 46.3 Å². The van der Waals surface area contributed by atoms with E-state index in [1.54, 1.807) is 0 Å². The second-order valence-corrected chi connectivity index (χ2v) is 5.82. The van der Waals surface area contributed by atoms with Gasteiger partial charge in [0.15, 0.2) is 5.78 Å². The molecular weight excluding hydrogens is 236 g/mol. The molecule has 0 aromatic heterocycles. The number of hydrogen-bond acceptors (Lipinski definition) is 3. The van der Waals surface area contributed by atoms with Gasteiger partial charge >= 0.3 is 0 Å². The van der Waals surface area contributed by atoms with Gasteiger partial charge in [-0.1, -0.05) is 0 Å². The van der Waals surface area contributed by atoms with E-state index in [1.165, 1.54) is 36.8 Å². The van der Waals surface area contributed by atoms with Crippen molar-refractivity contribution in [2.75, 3.05) is 25.4 Å². The highest BCUT2D eigenvalue weighted by atomic mass is 16.1. The van der Waals surface area contributed by atoms with Gasteiger partial charge in [0.05, 0.1) is 6.54 Å². The first-order chi connectivity index (χ1) is 9.24. The van der Waals surface area contributed by atoms with E-state index in [1.807, 2.05) is 6.07 Å². The van der Waals surface area contributed by atoms with Crippen LogP contribution in [-0.2, 0) is 12.8 Å². The average Bonchev–Trinajstić information content (AvgIpc) is 2.90. The first-order valence-electron chi connectivity index (χ1n) is 7.41. The van der Waals surface area contributed by atoms with E-state index in [0.29, 0.717) is 12.2 Å². The Balaban J connectivity index is 1.81. The third-order valence-corrected chi connectivity index (χ3v) is 4.38. The van der Waals surface area contributed by atoms with Crippen LogP contribution in [0.3, 0.4) is 0 Å². The number of rotatable bonds is 3. The lowest BCUT2D eigenvalue weighted by Gasteiger charge is -2.19. The highest BCUT2D eigenvalue weighted by molar-refractivity contribution is 6.02. The Bertz CT molecular complexity index is 490. The summed E-state index contributed by atoms with van der Waals surface area (Å²) < 4.78 is 0. The molecule has 1 aliphatic carbocycles. The van der Waals surface area contributed by atoms with Crippen molar-refractivity contribution in [1.82, 2.24) is 4.90 Å². The van der Waals surface area contributed by atoms with E-state index in [9.17, 15) is 4.79 Å². The number of carbonyl (C=O) groups excluding carboxylic acids is 1. The number of carbonyl (C=O) groups is 1. The van der Waals surface area contributed by atoms with Gasteiger partial charge in [0.25, 0.3) is 0 Å². The van der Waals surface area contributed by atoms with Crippen molar-refractivity contribution in [3.8, 4) is 0 Å². The highest BCUT2D eigenvalue weighted by Gasteiger charge is 2.20. The van der Waals surface area contributed by atoms with E-state index < -0.39 is 0 Å². The zero-order valence-electron chi connectivity index (χ0n) is 11.5. The van der Waals surface area contributed by atoms with E-state index in [0.717, 1.165) is 31.5 Å². The maximum atomic E-state index is 12.4. The number of benzene rings is 1. The minimum atomic E-state index is 0.188. The van der Waals surface area contributed by atoms with Crippen LogP contribution >= 0.6 is 0 Å². The molecule has 0 unspecified atom stereocenters. The second kappa shape index (κ2) is 5.33. The van der Waals surface area contributed by atoms with Crippen LogP contribution in [0.25, 0.3) is 0 Å². The fraction of sp³-hybridized carbons (Fsp3) is 0.562. The molecule has 0 radical (unpaired) electrons. The molecule has 3 heteroatoms. The Labute approximate surface area is 114 Å². The summed E-state index contributed by atoms with van der Waals surface area (Å²) in [5.41, 5.74) is 10.2. The Kier molecular flexibility index (Phi) is 3.56. The minimum absolute atomic E-state index is 0.188. The first-order valence-corrected chi connectivity index (χ1v) is 7.41. The summed E-state index contributed by atoms with van der Waals surface area (Å²) in [5, 5.41) is 0. The van der Waals surface area contributed by atoms with E-state index in [2.05, 4.69) is 11.0 Å². The van der Waals surface area contributed by atoms with Gasteiger partial charge in [0.1, 0.15) is 0 Å². The first kappa shape index (κ1) is 12.7. The van der Waals surface area contributed by atoms with Gasteiger partial charge in [-0.2, -0.15) is 0 Å². The zero-order chi connectivity index (χ0) is 13.2. The highest BCUT2D eigenvalue weighted by Crippen LogP contribution is 2.26. The number of ketones is 1. The lowest BCUT2D eigenvalue weighted by atomic mass is 9.89. The molecule has 1 fully saturated rings. The Hall–Kier alpha value is -1.35. The summed E-state index contributed by atoms with van der Waals surface area (Å²) in [4.78, 5) is 14.6. The molecule has 102 valence electrons. The Morgan fingerprint density at radius 2 is 1.68 bits per heavy atom. The molecule has 2 N–H and O–H groups in total. The number of anilines is 1. The molecule has 3 rings (SSSR count). The van der Waals surface area contributed by atoms with Crippen molar-refractivity contribution in [3.63, 3.8) is 0 Å². The minimum Gasteiger partial charge on any atom is -0.398 e. The maximum absolute atomic E-state index is 12.4. The van der Waals surface area contributed by atoms with Gasteiger partial charge in [0, 0.05) is 11.3 Å². The normalized spacial score (nSPS) is 19.4. The number of Topliss-reactive ketones (excluding diaryl/α,β-unsaturated/α-hetero) is 1. The largest absolute Gasteiger partial charge is 0.398 e. The van der Waals surface area contributed by atoms with Gasteiger partial charge in [-0.05, 0) is 74.9 Å². The molecule has 0 amide bonds. The van der Waals surface area contributed by atoms with Crippen molar-refractivity contribution in [2.45, 2.75) is 38.5 Å². The molecule has 1 saturated heterocycles. The molecule has 0 saturated carbocycles. The molecule has 2 aliphatic rings. The number of nitrogens with zero attached hydrogens (tertiary/aromatic N) is 1. The van der Waals surface area contributed by atoms with Crippen molar-refractivity contribution in [3.05, 3.63) is 28.8 Å². The van der Waals surface area contributed by atoms with Crippen LogP contribution in [0.2, 0.25) is 0 Å². The SMILES string of the molecule is Nc1cc2c(cc1C(=O)CN1CCCC1)CCCC2. The number of nitrogens with two attached hydrogens (primary N) is 1. The monoisotopic (exact) mass is 258 g/mol. The van der Waals surface area contributed by atoms with Crippen LogP contribution in [0, 0.1) is 0 Å². The Morgan fingerprint density at radius 3 is 2.37 bits per heavy atom. The Morgan fingerprint density at radius 1 is 1.05 bits per heavy atom. The molecule has 1 aromatic carbocycles. The van der Waals surface area contributed by atoms with Gasteiger partial charge in [0.2, 0.25) is 0 Å². The third kappa shape index (κ3) is 2.66. The van der Waals surface area contributed by atoms with Crippen LogP contribution in [0.15, 0.2) is 12.1 Å². The molecule has 1 aliphatic heterocycles. The van der Waals surface area contributed by atoms with Gasteiger partial charge in [-0.25, -0.2) is 0 Å². The summed E-state index contributed by atoms with van der Waals surface area (Å²) in [6.07, 6.45) is 7.11. The summed E-state index contributed by atoms with van der Waals surface area (Å²) in [7, 11) is 0. The summed E-state index contributed by atoms with van der Waals surface area (Å²) >= 11 is 0. The van der Waals surface area contributed by atoms with Crippen molar-refractivity contribution >= 4 is 11.5 Å². The van der Waals surface area contributed by atoms with E-state index in [4.69, 9.17) is 5.73 Å². The van der Waals surface area contributed by atoms with Crippen LogP contribution in [-0.4, -0.2) is 30.3 Å². The molecule has 3 nitrogen and oxygen atoms in total. The van der Waals surface area contributed by atoms with Crippen molar-refractivity contribution in [1.29, 1.82) is 0 Å². The lowest BCUT2D eigenvalue weighted by molar-refractivity contribution is 0.0946. The number of aryl methyl sites for hydroxylation is 2. The zero-order valence-corrected chi connectivity index (χ0v) is 11.5. The molecule has 0 atom stereocenters. The number of fused-ring (bicyclic) bond motifs is 1. The van der Waals surface area contributed by atoms with Crippen LogP contribution in [0.5, 0.6) is 0 Å². The number of likely N-dealkylation sites (tertiary alicyclic amines) is 1. The third-order valence-electron chi connectivity index (χ3n) is 4.38. The average molecular weight is 258 g/mol. The molecule has 0 bridgehead atoms. The van der Waals surface area contributed by atoms with Crippen molar-refractivity contribution in [2.24, 2.45) is 0 Å². The number of nitrogen functional groups attached to an aromatic ring is 1. The standard InChI is InChI=1S/C16H22N2O/c17-15-10-13-6-2-1-5-12(13)9-14(15)16(19)11-18-7-3-4-8-18/h9-10H,1-8,11,17H2. The van der Waals surface area contributed by atoms with Crippen LogP contribution < -0.4 is 5.73 Å². The van der Waals surface area contributed by atoms with Gasteiger partial charge < -0.3 is 5.73 Å². The fourth-order valence-corrected chi connectivity index (χ4v) is 3.28.